The maximum Gasteiger partial charge on any atom is 0.257 e. The van der Waals surface area contributed by atoms with Gasteiger partial charge in [-0.15, -0.1) is 0 Å². The van der Waals surface area contributed by atoms with Gasteiger partial charge in [-0.3, -0.25) is 4.99 Å². The zero-order valence-electron chi connectivity index (χ0n) is 15.2. The van der Waals surface area contributed by atoms with E-state index in [1.807, 2.05) is 24.3 Å². The highest BCUT2D eigenvalue weighted by Gasteiger charge is 2.53. The number of para-hydroxylation sites is 1. The summed E-state index contributed by atoms with van der Waals surface area (Å²) in [4.78, 5) is 4.39. The van der Waals surface area contributed by atoms with Gasteiger partial charge in [-0.2, -0.15) is 0 Å². The van der Waals surface area contributed by atoms with Gasteiger partial charge in [-0.25, -0.2) is 8.78 Å². The van der Waals surface area contributed by atoms with Crippen LogP contribution < -0.4 is 10.5 Å². The standard InChI is InChI=1S/C19H23F2N2O3P/c1-18(20)11-25-16-9-12(7-8-15(16)26-19(18,21)27)17(22)23-10-13-5-3-4-6-14(13)24-2/h3-9,15-16H,10-11,27H2,1-2H3,(H2,22,23). The minimum absolute atomic E-state index is 0.295. The molecule has 1 aromatic rings. The van der Waals surface area contributed by atoms with E-state index in [0.717, 1.165) is 18.2 Å². The Morgan fingerprint density at radius 1 is 1.37 bits per heavy atom. The van der Waals surface area contributed by atoms with Crippen LogP contribution in [0.15, 0.2) is 53.1 Å². The van der Waals surface area contributed by atoms with Crippen LogP contribution in [-0.4, -0.2) is 43.0 Å². The number of nitrogens with two attached hydrogens (primary N) is 1. The van der Waals surface area contributed by atoms with E-state index in [0.29, 0.717) is 18.0 Å². The summed E-state index contributed by atoms with van der Waals surface area (Å²) in [6, 6.07) is 7.52. The van der Waals surface area contributed by atoms with E-state index in [2.05, 4.69) is 4.99 Å². The van der Waals surface area contributed by atoms with Crippen LogP contribution in [0.1, 0.15) is 12.5 Å². The first-order chi connectivity index (χ1) is 12.7. The largest absolute Gasteiger partial charge is 0.496 e. The molecule has 5 unspecified atom stereocenters. The number of rotatable bonds is 4. The van der Waals surface area contributed by atoms with E-state index in [1.165, 1.54) is 0 Å². The van der Waals surface area contributed by atoms with Gasteiger partial charge in [0.15, 0.2) is 5.67 Å². The lowest BCUT2D eigenvalue weighted by atomic mass is 10.0. The molecule has 1 fully saturated rings. The maximum absolute atomic E-state index is 14.5. The fourth-order valence-electron chi connectivity index (χ4n) is 2.82. The van der Waals surface area contributed by atoms with Crippen molar-refractivity contribution in [2.24, 2.45) is 10.7 Å². The summed E-state index contributed by atoms with van der Waals surface area (Å²) in [6.45, 7) is 1.01. The number of ether oxygens (including phenoxy) is 3. The van der Waals surface area contributed by atoms with Gasteiger partial charge in [0, 0.05) is 11.1 Å². The SMILES string of the molecule is COc1ccccc1CN=C(N)C1=CC2OCC(C)(F)C(F)(P)OC2C=C1. The van der Waals surface area contributed by atoms with E-state index in [1.54, 1.807) is 34.6 Å². The third-order valence-electron chi connectivity index (χ3n) is 4.61. The number of alkyl halides is 2. The van der Waals surface area contributed by atoms with Crippen molar-refractivity contribution in [3.8, 4) is 5.75 Å². The summed E-state index contributed by atoms with van der Waals surface area (Å²) in [6.07, 6.45) is 3.54. The molecule has 0 radical (unpaired) electrons. The highest BCUT2D eigenvalue weighted by molar-refractivity contribution is 7.18. The second kappa shape index (κ2) is 7.66. The van der Waals surface area contributed by atoms with Crippen molar-refractivity contribution in [3.63, 3.8) is 0 Å². The Morgan fingerprint density at radius 3 is 2.85 bits per heavy atom. The van der Waals surface area contributed by atoms with E-state index >= 15 is 0 Å². The molecule has 27 heavy (non-hydrogen) atoms. The molecule has 5 atom stereocenters. The van der Waals surface area contributed by atoms with Crippen molar-refractivity contribution in [3.05, 3.63) is 53.6 Å². The number of benzene rings is 1. The van der Waals surface area contributed by atoms with Crippen molar-refractivity contribution in [2.75, 3.05) is 13.7 Å². The van der Waals surface area contributed by atoms with Crippen molar-refractivity contribution in [1.82, 2.24) is 0 Å². The van der Waals surface area contributed by atoms with Gasteiger partial charge in [-0.1, -0.05) is 39.6 Å². The summed E-state index contributed by atoms with van der Waals surface area (Å²) < 4.78 is 45.0. The third kappa shape index (κ3) is 4.21. The molecule has 1 aromatic carbocycles. The quantitative estimate of drug-likeness (QED) is 0.483. The number of nitrogens with zero attached hydrogens (tertiary/aromatic N) is 1. The Kier molecular flexibility index (Phi) is 5.65. The molecular formula is C19H23F2N2O3P. The average molecular weight is 396 g/mol. The van der Waals surface area contributed by atoms with E-state index < -0.39 is 30.1 Å². The van der Waals surface area contributed by atoms with Crippen molar-refractivity contribution < 1.29 is 23.0 Å². The topological polar surface area (TPSA) is 66.1 Å². The summed E-state index contributed by atoms with van der Waals surface area (Å²) in [5, 5.41) is 0. The smallest absolute Gasteiger partial charge is 0.257 e. The zero-order chi connectivity index (χ0) is 19.7. The first-order valence-electron chi connectivity index (χ1n) is 8.52. The first-order valence-corrected chi connectivity index (χ1v) is 9.09. The number of aliphatic imine (C=N–C) groups is 1. The number of methoxy groups -OCH3 is 1. The lowest BCUT2D eigenvalue weighted by Crippen LogP contribution is -2.45. The maximum atomic E-state index is 14.5. The summed E-state index contributed by atoms with van der Waals surface area (Å²) in [5.41, 5.74) is 2.78. The van der Waals surface area contributed by atoms with Gasteiger partial charge < -0.3 is 19.9 Å². The van der Waals surface area contributed by atoms with Crippen molar-refractivity contribution in [2.45, 2.75) is 36.9 Å². The fourth-order valence-corrected chi connectivity index (χ4v) is 3.06. The van der Waals surface area contributed by atoms with Gasteiger partial charge in [0.05, 0.1) is 20.3 Å². The molecule has 1 saturated heterocycles. The molecule has 8 heteroatoms. The molecule has 5 nitrogen and oxygen atoms in total. The highest BCUT2D eigenvalue weighted by atomic mass is 31.0. The molecule has 3 rings (SSSR count). The van der Waals surface area contributed by atoms with E-state index in [4.69, 9.17) is 19.9 Å². The molecule has 0 amide bonds. The summed E-state index contributed by atoms with van der Waals surface area (Å²) in [7, 11) is 3.38. The van der Waals surface area contributed by atoms with Gasteiger partial charge in [0.2, 0.25) is 0 Å². The van der Waals surface area contributed by atoms with Crippen molar-refractivity contribution >= 4 is 15.1 Å². The van der Waals surface area contributed by atoms with Gasteiger partial charge >= 0.3 is 0 Å². The van der Waals surface area contributed by atoms with Crippen LogP contribution in [0.5, 0.6) is 5.75 Å². The lowest BCUT2D eigenvalue weighted by molar-refractivity contribution is -0.164. The Hall–Kier alpha value is -1.82. The second-order valence-corrected chi connectivity index (χ2v) is 7.44. The Bertz CT molecular complexity index is 793. The Balaban J connectivity index is 1.76. The van der Waals surface area contributed by atoms with Gasteiger partial charge in [-0.05, 0) is 19.1 Å². The molecule has 0 spiro atoms. The molecule has 2 N–H and O–H groups in total. The zero-order valence-corrected chi connectivity index (χ0v) is 16.3. The van der Waals surface area contributed by atoms with Gasteiger partial charge in [0.1, 0.15) is 23.8 Å². The van der Waals surface area contributed by atoms with E-state index in [-0.39, 0.29) is 0 Å². The normalized spacial score (nSPS) is 33.8. The molecule has 1 heterocycles. The average Bonchev–Trinajstić information content (AvgIpc) is 2.73. The predicted octanol–water partition coefficient (Wildman–Crippen LogP) is 3.06. The predicted molar refractivity (Wildman–Crippen MR) is 103 cm³/mol. The highest BCUT2D eigenvalue weighted by Crippen LogP contribution is 2.43. The van der Waals surface area contributed by atoms with Crippen LogP contribution in [0.3, 0.4) is 0 Å². The summed E-state index contributed by atoms with van der Waals surface area (Å²) >= 11 is 0. The second-order valence-electron chi connectivity index (χ2n) is 6.69. The first kappa shape index (κ1) is 19.9. The Labute approximate surface area is 159 Å². The molecule has 1 aliphatic carbocycles. The fraction of sp³-hybridized carbons (Fsp3) is 0.421. The number of hydrogen-bond donors (Lipinski definition) is 1. The molecule has 2 aliphatic rings. The molecule has 1 aliphatic heterocycles. The Morgan fingerprint density at radius 2 is 2.11 bits per heavy atom. The van der Waals surface area contributed by atoms with Gasteiger partial charge in [0.25, 0.3) is 5.60 Å². The number of amidine groups is 1. The molecule has 0 bridgehead atoms. The van der Waals surface area contributed by atoms with Crippen LogP contribution in [0.25, 0.3) is 0 Å². The molecular weight excluding hydrogens is 373 g/mol. The summed E-state index contributed by atoms with van der Waals surface area (Å²) in [5.74, 6) is 1.02. The monoisotopic (exact) mass is 396 g/mol. The molecule has 0 saturated carbocycles. The van der Waals surface area contributed by atoms with Crippen LogP contribution in [0, 0.1) is 0 Å². The number of fused-ring (bicyclic) bond motifs is 1. The van der Waals surface area contributed by atoms with Crippen LogP contribution in [0.4, 0.5) is 8.78 Å². The minimum Gasteiger partial charge on any atom is -0.496 e. The molecule has 146 valence electrons. The van der Waals surface area contributed by atoms with Crippen molar-refractivity contribution in [1.29, 1.82) is 0 Å². The lowest BCUT2D eigenvalue weighted by Gasteiger charge is -2.32. The molecule has 0 aromatic heterocycles. The number of hydrogen-bond acceptors (Lipinski definition) is 4. The van der Waals surface area contributed by atoms with E-state index in [9.17, 15) is 8.78 Å². The van der Waals surface area contributed by atoms with Crippen LogP contribution >= 0.6 is 9.24 Å². The number of halogens is 2. The minimum atomic E-state index is -2.54. The van der Waals surface area contributed by atoms with Crippen LogP contribution in [-0.2, 0) is 16.0 Å². The van der Waals surface area contributed by atoms with Crippen LogP contribution in [0.2, 0.25) is 0 Å². The third-order valence-corrected chi connectivity index (χ3v) is 5.34.